The van der Waals surface area contributed by atoms with Crippen molar-refractivity contribution in [1.82, 2.24) is 25.0 Å². The summed E-state index contributed by atoms with van der Waals surface area (Å²) in [6, 6.07) is 14.3. The van der Waals surface area contributed by atoms with Crippen molar-refractivity contribution in [1.29, 1.82) is 0 Å². The highest BCUT2D eigenvalue weighted by atomic mass is 16.3. The van der Waals surface area contributed by atoms with E-state index < -0.39 is 23.6 Å². The number of aliphatic hydroxyl groups excluding tert-OH is 1. The Hall–Kier alpha value is -3.69. The van der Waals surface area contributed by atoms with E-state index >= 15 is 0 Å². The minimum absolute atomic E-state index is 0.0348. The normalized spacial score (nSPS) is 29.8. The molecule has 4 bridgehead atoms. The van der Waals surface area contributed by atoms with Crippen molar-refractivity contribution in [3.8, 4) is 0 Å². The van der Waals surface area contributed by atoms with Crippen molar-refractivity contribution < 1.29 is 19.5 Å². The maximum absolute atomic E-state index is 14.7. The molecule has 3 aromatic rings. The van der Waals surface area contributed by atoms with Crippen LogP contribution in [0.25, 0.3) is 10.9 Å². The fraction of sp³-hybridized carbons (Fsp3) is 0.564. The predicted molar refractivity (Wildman–Crippen MR) is 186 cm³/mol. The largest absolute Gasteiger partial charge is 0.391 e. The van der Waals surface area contributed by atoms with E-state index in [2.05, 4.69) is 29.3 Å². The lowest BCUT2D eigenvalue weighted by molar-refractivity contribution is -0.171. The van der Waals surface area contributed by atoms with Crippen LogP contribution in [0, 0.1) is 29.6 Å². The first-order valence-corrected chi connectivity index (χ1v) is 17.7. The number of aromatic amines is 1. The Morgan fingerprint density at radius 2 is 1.69 bits per heavy atom. The number of aryl methyl sites for hydroxylation is 1. The fourth-order valence-corrected chi connectivity index (χ4v) is 10.5. The molecule has 5 unspecified atom stereocenters. The molecule has 4 aliphatic carbocycles. The first-order valence-electron chi connectivity index (χ1n) is 17.7. The average molecular weight is 654 g/mol. The lowest BCUT2D eigenvalue weighted by Crippen LogP contribution is -2.62. The number of nitrogens with one attached hydrogen (secondary N) is 2. The van der Waals surface area contributed by atoms with Crippen molar-refractivity contribution in [3.05, 3.63) is 71.4 Å². The molecule has 3 amide bonds. The highest BCUT2D eigenvalue weighted by Gasteiger charge is 2.62. The third-order valence-corrected chi connectivity index (χ3v) is 11.9. The number of nitrogens with zero attached hydrogens (tertiary/aromatic N) is 3. The third kappa shape index (κ3) is 6.15. The van der Waals surface area contributed by atoms with Gasteiger partial charge in [-0.25, -0.2) is 0 Å². The highest BCUT2D eigenvalue weighted by molar-refractivity contribution is 5.94. The molecule has 0 radical (unpaired) electrons. The fourth-order valence-electron chi connectivity index (χ4n) is 10.5. The van der Waals surface area contributed by atoms with E-state index in [0.29, 0.717) is 24.8 Å². The Bertz CT molecular complexity index is 1680. The molecule has 2 aromatic carbocycles. The zero-order valence-corrected chi connectivity index (χ0v) is 28.9. The topological polar surface area (TPSA) is 109 Å². The summed E-state index contributed by atoms with van der Waals surface area (Å²) in [4.78, 5) is 52.1. The molecule has 3 N–H and O–H groups in total. The van der Waals surface area contributed by atoms with E-state index in [1.807, 2.05) is 61.7 Å². The molecule has 1 aromatic heterocycles. The molecule has 256 valence electrons. The zero-order valence-electron chi connectivity index (χ0n) is 28.9. The maximum atomic E-state index is 14.7. The number of para-hydroxylation sites is 1. The monoisotopic (exact) mass is 653 g/mol. The van der Waals surface area contributed by atoms with Crippen LogP contribution in [0.5, 0.6) is 0 Å². The summed E-state index contributed by atoms with van der Waals surface area (Å²) in [5.74, 6) is 0.552. The molecule has 2 heterocycles. The number of carbonyl (C=O) groups is 3. The summed E-state index contributed by atoms with van der Waals surface area (Å²) in [5, 5.41) is 15.0. The number of aliphatic hydroxyl groups is 1. The van der Waals surface area contributed by atoms with E-state index in [1.54, 1.807) is 16.8 Å². The van der Waals surface area contributed by atoms with Crippen molar-refractivity contribution >= 4 is 28.6 Å². The molecule has 48 heavy (non-hydrogen) atoms. The second-order valence-corrected chi connectivity index (χ2v) is 16.1. The number of likely N-dealkylation sites (tertiary alicyclic amines) is 1. The molecule has 0 spiro atoms. The number of β-amino-alcohol motifs (C(OH)–C–C–N with tert-alkyl or cyclic N) is 1. The van der Waals surface area contributed by atoms with Gasteiger partial charge < -0.3 is 30.1 Å². The molecule has 5 aliphatic rings. The Morgan fingerprint density at radius 1 is 0.979 bits per heavy atom. The number of rotatable bonds is 10. The number of amides is 3. The van der Waals surface area contributed by atoms with Gasteiger partial charge in [0.2, 0.25) is 17.7 Å². The summed E-state index contributed by atoms with van der Waals surface area (Å²) < 4.78 is 0. The second kappa shape index (κ2) is 12.6. The van der Waals surface area contributed by atoms with Gasteiger partial charge in [-0.15, -0.1) is 0 Å². The van der Waals surface area contributed by atoms with Crippen LogP contribution >= 0.6 is 0 Å². The SMILES string of the molecule is Cc1ccccc1CN(C)C(=O)C(Cc1c[nH]c2ccccc12)NC(=O)C1CC(O)CN1C(=O)C12CC3CC(CC(CN(C)C)(C3)C1)C2. The van der Waals surface area contributed by atoms with Gasteiger partial charge in [-0.2, -0.15) is 0 Å². The van der Waals surface area contributed by atoms with Gasteiger partial charge in [-0.3, -0.25) is 14.4 Å². The van der Waals surface area contributed by atoms with Crippen molar-refractivity contribution in [3.63, 3.8) is 0 Å². The van der Waals surface area contributed by atoms with Gasteiger partial charge in [0, 0.05) is 56.6 Å². The van der Waals surface area contributed by atoms with Crippen LogP contribution in [0.3, 0.4) is 0 Å². The first-order chi connectivity index (χ1) is 22.9. The molecular formula is C39H51N5O4. The molecule has 5 atom stereocenters. The van der Waals surface area contributed by atoms with E-state index in [0.717, 1.165) is 53.4 Å². The van der Waals surface area contributed by atoms with E-state index in [-0.39, 0.29) is 36.1 Å². The van der Waals surface area contributed by atoms with Crippen LogP contribution in [0.1, 0.15) is 61.6 Å². The molecular weight excluding hydrogens is 602 g/mol. The van der Waals surface area contributed by atoms with Crippen LogP contribution in [0.4, 0.5) is 0 Å². The Kier molecular flexibility index (Phi) is 8.65. The standard InChI is InChI=1S/C39H51N5O4/c1-25-9-5-6-10-28(25)21-43(4)36(47)33(14-29-20-40-32-12-8-7-11-31(29)32)41-35(46)34-15-30(45)22-44(34)37(48)39-18-26-13-27(19-39)17-38(16-26,23-39)24-42(2)3/h5-12,20,26-27,30,33-34,40,45H,13-19,21-24H2,1-4H3,(H,41,46). The van der Waals surface area contributed by atoms with Gasteiger partial charge in [-0.1, -0.05) is 42.5 Å². The van der Waals surface area contributed by atoms with Crippen LogP contribution in [-0.2, 0) is 27.3 Å². The van der Waals surface area contributed by atoms with Gasteiger partial charge in [0.05, 0.1) is 11.5 Å². The summed E-state index contributed by atoms with van der Waals surface area (Å²) in [7, 11) is 6.02. The zero-order chi connectivity index (χ0) is 33.8. The lowest BCUT2D eigenvalue weighted by atomic mass is 9.43. The molecule has 9 heteroatoms. The number of hydrogen-bond donors (Lipinski definition) is 3. The third-order valence-electron chi connectivity index (χ3n) is 11.9. The van der Waals surface area contributed by atoms with Crippen LogP contribution in [0.2, 0.25) is 0 Å². The molecule has 1 aliphatic heterocycles. The highest BCUT2D eigenvalue weighted by Crippen LogP contribution is 2.66. The number of hydrogen-bond acceptors (Lipinski definition) is 5. The Labute approximate surface area is 284 Å². The number of carbonyl (C=O) groups excluding carboxylic acids is 3. The Morgan fingerprint density at radius 3 is 2.42 bits per heavy atom. The quantitative estimate of drug-likeness (QED) is 0.303. The summed E-state index contributed by atoms with van der Waals surface area (Å²) in [6.07, 6.45) is 7.78. The van der Waals surface area contributed by atoms with Gasteiger partial charge >= 0.3 is 0 Å². The predicted octanol–water partition coefficient (Wildman–Crippen LogP) is 4.27. The number of H-pyrrole nitrogens is 1. The number of benzene rings is 2. The molecule has 9 nitrogen and oxygen atoms in total. The number of likely N-dealkylation sites (N-methyl/N-ethyl adjacent to an activating group) is 1. The summed E-state index contributed by atoms with van der Waals surface area (Å²) in [6.45, 7) is 3.58. The van der Waals surface area contributed by atoms with Gasteiger partial charge in [0.15, 0.2) is 0 Å². The minimum atomic E-state index is -0.844. The van der Waals surface area contributed by atoms with Gasteiger partial charge in [0.25, 0.3) is 0 Å². The van der Waals surface area contributed by atoms with E-state index in [4.69, 9.17) is 0 Å². The summed E-state index contributed by atoms with van der Waals surface area (Å²) in [5.41, 5.74) is 3.71. The van der Waals surface area contributed by atoms with Crippen LogP contribution in [-0.4, -0.2) is 94.9 Å². The number of fused-ring (bicyclic) bond motifs is 1. The van der Waals surface area contributed by atoms with E-state index in [9.17, 15) is 19.5 Å². The van der Waals surface area contributed by atoms with Gasteiger partial charge in [-0.05, 0) is 99.6 Å². The number of aromatic nitrogens is 1. The van der Waals surface area contributed by atoms with Gasteiger partial charge in [0.1, 0.15) is 12.1 Å². The smallest absolute Gasteiger partial charge is 0.245 e. The van der Waals surface area contributed by atoms with Crippen molar-refractivity contribution in [2.75, 3.05) is 34.2 Å². The van der Waals surface area contributed by atoms with E-state index in [1.165, 1.54) is 19.3 Å². The second-order valence-electron chi connectivity index (χ2n) is 16.1. The molecule has 1 saturated heterocycles. The first kappa shape index (κ1) is 32.8. The molecule has 5 fully saturated rings. The summed E-state index contributed by atoms with van der Waals surface area (Å²) >= 11 is 0. The minimum Gasteiger partial charge on any atom is -0.391 e. The van der Waals surface area contributed by atoms with Crippen LogP contribution < -0.4 is 5.32 Å². The lowest BCUT2D eigenvalue weighted by Gasteiger charge is -2.62. The maximum Gasteiger partial charge on any atom is 0.245 e. The average Bonchev–Trinajstić information content (AvgIpc) is 3.63. The molecule has 4 saturated carbocycles. The Balaban J connectivity index is 1.14. The molecule has 8 rings (SSSR count). The van der Waals surface area contributed by atoms with Crippen molar-refractivity contribution in [2.24, 2.45) is 22.7 Å². The van der Waals surface area contributed by atoms with Crippen molar-refractivity contribution in [2.45, 2.75) is 83.0 Å². The van der Waals surface area contributed by atoms with Crippen LogP contribution in [0.15, 0.2) is 54.7 Å².